The van der Waals surface area contributed by atoms with Crippen molar-refractivity contribution in [2.75, 3.05) is 20.1 Å². The smallest absolute Gasteiger partial charge is 0.270 e. The molecule has 8 heteroatoms. The Hall–Kier alpha value is -3.08. The number of likely N-dealkylation sites (N-methyl/N-ethyl adjacent to an activating group) is 1. The molecule has 0 bridgehead atoms. The van der Waals surface area contributed by atoms with E-state index in [1.807, 2.05) is 15.7 Å². The van der Waals surface area contributed by atoms with Crippen LogP contribution in [0.15, 0.2) is 18.3 Å². The molecule has 166 valence electrons. The number of likely N-dealkylation sites (tertiary alicyclic amines) is 1. The maximum atomic E-state index is 13.4. The zero-order valence-corrected chi connectivity index (χ0v) is 18.9. The number of amides is 2. The number of nitrogens with one attached hydrogen (secondary N) is 1. The van der Waals surface area contributed by atoms with Crippen LogP contribution in [-0.4, -0.2) is 62.6 Å². The van der Waals surface area contributed by atoms with Crippen LogP contribution in [0.5, 0.6) is 0 Å². The first-order valence-corrected chi connectivity index (χ1v) is 11.1. The molecule has 0 saturated carbocycles. The number of carbonyl (C=O) groups excluding carboxylic acids is 2. The molecule has 1 N–H and O–H groups in total. The Morgan fingerprint density at radius 2 is 2.16 bits per heavy atom. The first-order chi connectivity index (χ1) is 14.8. The number of aromatic amines is 1. The van der Waals surface area contributed by atoms with Crippen molar-refractivity contribution in [1.29, 1.82) is 5.26 Å². The number of aromatic nitrogens is 3. The molecule has 1 unspecified atom stereocenters. The molecule has 3 rings (SSSR count). The largest absolute Gasteiger partial charge is 0.342 e. The Bertz CT molecular complexity index is 967. The van der Waals surface area contributed by atoms with Crippen LogP contribution in [0, 0.1) is 17.2 Å². The van der Waals surface area contributed by atoms with Crippen molar-refractivity contribution < 1.29 is 9.59 Å². The van der Waals surface area contributed by atoms with Crippen molar-refractivity contribution in [3.8, 4) is 6.07 Å². The molecule has 0 radical (unpaired) electrons. The summed E-state index contributed by atoms with van der Waals surface area (Å²) in [6, 6.07) is 5.18. The average Bonchev–Trinajstić information content (AvgIpc) is 3.49. The van der Waals surface area contributed by atoms with Gasteiger partial charge in [-0.15, -0.1) is 0 Å². The lowest BCUT2D eigenvalue weighted by molar-refractivity contribution is 0.0646. The van der Waals surface area contributed by atoms with Crippen LogP contribution in [0.25, 0.3) is 0 Å². The molecule has 3 heterocycles. The number of carbonyl (C=O) groups is 2. The maximum Gasteiger partial charge on any atom is 0.270 e. The maximum absolute atomic E-state index is 13.4. The minimum Gasteiger partial charge on any atom is -0.342 e. The zero-order valence-electron chi connectivity index (χ0n) is 18.9. The molecular formula is C23H32N6O2. The van der Waals surface area contributed by atoms with E-state index in [0.29, 0.717) is 36.0 Å². The molecule has 1 aliphatic rings. The number of rotatable bonds is 8. The molecule has 1 aliphatic heterocycles. The topological polar surface area (TPSA) is 98.0 Å². The zero-order chi connectivity index (χ0) is 22.5. The predicted molar refractivity (Wildman–Crippen MR) is 118 cm³/mol. The standard InChI is InChI=1S/C23H32N6O2/c1-5-21-19(14-25-29(21)12-10-16(2)3)22(30)28-11-6-7-18(28)15-27(4)23(31)20-9-8-17(13-24)26-20/h8-9,14,16,18,26H,5-7,10-12,15H2,1-4H3. The third kappa shape index (κ3) is 4.98. The van der Waals surface area contributed by atoms with Crippen molar-refractivity contribution in [3.63, 3.8) is 0 Å². The molecule has 1 fully saturated rings. The van der Waals surface area contributed by atoms with Crippen molar-refractivity contribution in [3.05, 3.63) is 41.0 Å². The minimum atomic E-state index is -0.184. The highest BCUT2D eigenvalue weighted by molar-refractivity contribution is 5.96. The van der Waals surface area contributed by atoms with Gasteiger partial charge in [0.2, 0.25) is 0 Å². The van der Waals surface area contributed by atoms with Gasteiger partial charge in [0, 0.05) is 32.7 Å². The summed E-state index contributed by atoms with van der Waals surface area (Å²) >= 11 is 0. The minimum absolute atomic E-state index is 0.00244. The van der Waals surface area contributed by atoms with Crippen LogP contribution in [0.3, 0.4) is 0 Å². The van der Waals surface area contributed by atoms with E-state index in [0.717, 1.165) is 37.9 Å². The van der Waals surface area contributed by atoms with Gasteiger partial charge in [-0.1, -0.05) is 20.8 Å². The normalized spacial score (nSPS) is 16.0. The molecule has 8 nitrogen and oxygen atoms in total. The van der Waals surface area contributed by atoms with Crippen molar-refractivity contribution in [2.45, 2.75) is 59.0 Å². The SMILES string of the molecule is CCc1c(C(=O)N2CCCC2CN(C)C(=O)c2ccc(C#N)[nH]2)cnn1CCC(C)C. The fourth-order valence-electron chi connectivity index (χ4n) is 4.17. The van der Waals surface area contributed by atoms with E-state index in [-0.39, 0.29) is 17.9 Å². The highest BCUT2D eigenvalue weighted by atomic mass is 16.2. The lowest BCUT2D eigenvalue weighted by Gasteiger charge is -2.28. The predicted octanol–water partition coefficient (Wildman–Crippen LogP) is 3.07. The third-order valence-electron chi connectivity index (χ3n) is 5.94. The molecule has 31 heavy (non-hydrogen) atoms. The summed E-state index contributed by atoms with van der Waals surface area (Å²) in [5.74, 6) is 0.396. The Morgan fingerprint density at radius 3 is 2.81 bits per heavy atom. The summed E-state index contributed by atoms with van der Waals surface area (Å²) in [7, 11) is 1.73. The Labute approximate surface area is 183 Å². The molecule has 1 saturated heterocycles. The van der Waals surface area contributed by atoms with Gasteiger partial charge in [0.05, 0.1) is 17.5 Å². The molecule has 1 atom stereocenters. The van der Waals surface area contributed by atoms with E-state index in [9.17, 15) is 9.59 Å². The van der Waals surface area contributed by atoms with Crippen molar-refractivity contribution in [1.82, 2.24) is 24.6 Å². The molecule has 0 aromatic carbocycles. The first kappa shape index (κ1) is 22.6. The Kier molecular flexibility index (Phi) is 7.16. The lowest BCUT2D eigenvalue weighted by Crippen LogP contribution is -2.44. The van der Waals surface area contributed by atoms with Gasteiger partial charge in [0.15, 0.2) is 0 Å². The van der Waals surface area contributed by atoms with Gasteiger partial charge < -0.3 is 14.8 Å². The highest BCUT2D eigenvalue weighted by Crippen LogP contribution is 2.23. The third-order valence-corrected chi connectivity index (χ3v) is 5.94. The number of H-pyrrole nitrogens is 1. The number of nitriles is 1. The summed E-state index contributed by atoms with van der Waals surface area (Å²) in [6.45, 7) is 8.38. The van der Waals surface area contributed by atoms with Crippen molar-refractivity contribution >= 4 is 11.8 Å². The summed E-state index contributed by atoms with van der Waals surface area (Å²) in [5.41, 5.74) is 2.40. The summed E-state index contributed by atoms with van der Waals surface area (Å²) in [5, 5.41) is 13.4. The highest BCUT2D eigenvalue weighted by Gasteiger charge is 2.33. The molecule has 0 spiro atoms. The Balaban J connectivity index is 1.70. The first-order valence-electron chi connectivity index (χ1n) is 11.1. The van der Waals surface area contributed by atoms with E-state index in [1.54, 1.807) is 30.3 Å². The number of hydrogen-bond acceptors (Lipinski definition) is 4. The summed E-state index contributed by atoms with van der Waals surface area (Å²) < 4.78 is 1.96. The summed E-state index contributed by atoms with van der Waals surface area (Å²) in [4.78, 5) is 32.4. The van der Waals surface area contributed by atoms with Gasteiger partial charge in [-0.25, -0.2) is 0 Å². The monoisotopic (exact) mass is 424 g/mol. The number of hydrogen-bond donors (Lipinski definition) is 1. The number of nitrogens with zero attached hydrogens (tertiary/aromatic N) is 5. The lowest BCUT2D eigenvalue weighted by atomic mass is 10.1. The number of aryl methyl sites for hydroxylation is 1. The van der Waals surface area contributed by atoms with E-state index >= 15 is 0 Å². The molecule has 2 amide bonds. The van der Waals surface area contributed by atoms with Crippen LogP contribution < -0.4 is 0 Å². The van der Waals surface area contributed by atoms with Gasteiger partial charge in [-0.2, -0.15) is 10.4 Å². The van der Waals surface area contributed by atoms with Crippen LogP contribution in [0.1, 0.15) is 72.3 Å². The van der Waals surface area contributed by atoms with E-state index < -0.39 is 0 Å². The summed E-state index contributed by atoms with van der Waals surface area (Å²) in [6.07, 6.45) is 5.26. The molecular weight excluding hydrogens is 392 g/mol. The molecule has 2 aromatic rings. The Morgan fingerprint density at radius 1 is 1.39 bits per heavy atom. The van der Waals surface area contributed by atoms with Crippen LogP contribution in [0.2, 0.25) is 0 Å². The van der Waals surface area contributed by atoms with Gasteiger partial charge >= 0.3 is 0 Å². The van der Waals surface area contributed by atoms with Crippen LogP contribution in [-0.2, 0) is 13.0 Å². The second kappa shape index (κ2) is 9.82. The van der Waals surface area contributed by atoms with Crippen molar-refractivity contribution in [2.24, 2.45) is 5.92 Å². The van der Waals surface area contributed by atoms with Gasteiger partial charge in [0.1, 0.15) is 17.5 Å². The van der Waals surface area contributed by atoms with Crippen LogP contribution in [0.4, 0.5) is 0 Å². The van der Waals surface area contributed by atoms with Gasteiger partial charge in [-0.05, 0) is 43.7 Å². The van der Waals surface area contributed by atoms with E-state index in [4.69, 9.17) is 5.26 Å². The molecule has 2 aromatic heterocycles. The average molecular weight is 425 g/mol. The second-order valence-electron chi connectivity index (χ2n) is 8.64. The van der Waals surface area contributed by atoms with E-state index in [2.05, 4.69) is 30.9 Å². The van der Waals surface area contributed by atoms with Crippen LogP contribution >= 0.6 is 0 Å². The second-order valence-corrected chi connectivity index (χ2v) is 8.64. The van der Waals surface area contributed by atoms with Gasteiger partial charge in [-0.3, -0.25) is 14.3 Å². The fourth-order valence-corrected chi connectivity index (χ4v) is 4.17. The van der Waals surface area contributed by atoms with E-state index in [1.165, 1.54) is 0 Å². The van der Waals surface area contributed by atoms with Gasteiger partial charge in [0.25, 0.3) is 11.8 Å². The molecule has 0 aliphatic carbocycles. The quantitative estimate of drug-likeness (QED) is 0.704. The fraction of sp³-hybridized carbons (Fsp3) is 0.565.